The van der Waals surface area contributed by atoms with Crippen molar-refractivity contribution in [1.29, 1.82) is 0 Å². The maximum atomic E-state index is 6.74. The van der Waals surface area contributed by atoms with Crippen LogP contribution >= 0.6 is 0 Å². The average molecular weight is 382 g/mol. The van der Waals surface area contributed by atoms with Crippen LogP contribution in [0.4, 0.5) is 0 Å². The highest BCUT2D eigenvalue weighted by molar-refractivity contribution is 5.56. The maximum Gasteiger partial charge on any atom is 0.242 e. The summed E-state index contributed by atoms with van der Waals surface area (Å²) in [5.74, 6) is 3.92. The number of nitrogens with one attached hydrogen (secondary N) is 1. The summed E-state index contributed by atoms with van der Waals surface area (Å²) in [7, 11) is 1.70. The van der Waals surface area contributed by atoms with E-state index >= 15 is 0 Å². The van der Waals surface area contributed by atoms with Gasteiger partial charge in [0.15, 0.2) is 11.5 Å². The van der Waals surface area contributed by atoms with Crippen LogP contribution < -0.4 is 23.8 Å². The summed E-state index contributed by atoms with van der Waals surface area (Å²) in [5, 5.41) is 0. The number of quaternary nitrogens is 1. The second kappa shape index (κ2) is 6.59. The smallest absolute Gasteiger partial charge is 0.242 e. The van der Waals surface area contributed by atoms with Crippen LogP contribution in [0.15, 0.2) is 36.4 Å². The summed E-state index contributed by atoms with van der Waals surface area (Å²) in [6, 6.07) is 12.6. The molecule has 3 heterocycles. The van der Waals surface area contributed by atoms with Crippen LogP contribution in [0.25, 0.3) is 0 Å². The van der Waals surface area contributed by atoms with Gasteiger partial charge in [-0.25, -0.2) is 0 Å². The molecule has 0 aliphatic carbocycles. The number of hydrogen-bond acceptors (Lipinski definition) is 4. The van der Waals surface area contributed by atoms with Crippen LogP contribution in [0, 0.1) is 5.92 Å². The zero-order valence-electron chi connectivity index (χ0n) is 16.8. The van der Waals surface area contributed by atoms with E-state index in [9.17, 15) is 0 Å². The predicted molar refractivity (Wildman–Crippen MR) is 106 cm³/mol. The third kappa shape index (κ3) is 2.64. The van der Waals surface area contributed by atoms with Crippen LogP contribution in [0.2, 0.25) is 0 Å². The minimum atomic E-state index is -0.276. The number of methoxy groups -OCH3 is 1. The quantitative estimate of drug-likeness (QED) is 0.886. The molecule has 0 amide bonds. The van der Waals surface area contributed by atoms with Gasteiger partial charge in [-0.2, -0.15) is 0 Å². The van der Waals surface area contributed by atoms with Crippen molar-refractivity contribution in [2.75, 3.05) is 27.0 Å². The normalized spacial score (nSPS) is 28.7. The van der Waals surface area contributed by atoms with E-state index in [1.54, 1.807) is 12.0 Å². The van der Waals surface area contributed by atoms with Crippen molar-refractivity contribution in [2.24, 2.45) is 5.92 Å². The molecule has 5 nitrogen and oxygen atoms in total. The zero-order valence-corrected chi connectivity index (χ0v) is 16.8. The molecule has 3 aliphatic rings. The molecule has 1 N–H and O–H groups in total. The Labute approximate surface area is 166 Å². The number of likely N-dealkylation sites (tertiary alicyclic amines) is 1. The third-order valence-corrected chi connectivity index (χ3v) is 6.91. The summed E-state index contributed by atoms with van der Waals surface area (Å²) in [5.41, 5.74) is 2.18. The molecule has 0 unspecified atom stereocenters. The van der Waals surface area contributed by atoms with Crippen molar-refractivity contribution in [1.82, 2.24) is 0 Å². The second-order valence-corrected chi connectivity index (χ2v) is 8.30. The van der Waals surface area contributed by atoms with Gasteiger partial charge in [-0.3, -0.25) is 4.90 Å². The highest BCUT2D eigenvalue weighted by Crippen LogP contribution is 2.50. The monoisotopic (exact) mass is 382 g/mol. The Morgan fingerprint density at radius 3 is 2.36 bits per heavy atom. The molecule has 1 saturated heterocycles. The largest absolute Gasteiger partial charge is 0.497 e. The van der Waals surface area contributed by atoms with Crippen molar-refractivity contribution < 1.29 is 23.8 Å². The number of hydrogen-bond donors (Lipinski definition) is 1. The van der Waals surface area contributed by atoms with Crippen LogP contribution in [-0.2, 0) is 0 Å². The molecule has 3 aliphatic heterocycles. The minimum Gasteiger partial charge on any atom is -0.497 e. The van der Waals surface area contributed by atoms with Gasteiger partial charge in [-0.15, -0.1) is 0 Å². The van der Waals surface area contributed by atoms with Gasteiger partial charge in [0.2, 0.25) is 12.5 Å². The van der Waals surface area contributed by atoms with E-state index in [1.807, 2.05) is 18.2 Å². The van der Waals surface area contributed by atoms with Crippen LogP contribution in [0.5, 0.6) is 23.0 Å². The molecule has 0 spiro atoms. The lowest BCUT2D eigenvalue weighted by Gasteiger charge is -2.47. The van der Waals surface area contributed by atoms with Crippen molar-refractivity contribution in [3.8, 4) is 23.0 Å². The topological polar surface area (TPSA) is 41.4 Å². The first-order chi connectivity index (χ1) is 13.6. The number of rotatable bonds is 3. The van der Waals surface area contributed by atoms with E-state index in [0.717, 1.165) is 36.1 Å². The number of benzene rings is 2. The van der Waals surface area contributed by atoms with Gasteiger partial charge < -0.3 is 18.9 Å². The molecule has 0 saturated carbocycles. The second-order valence-electron chi connectivity index (χ2n) is 8.30. The minimum absolute atomic E-state index is 0.224. The molecule has 28 heavy (non-hydrogen) atoms. The molecular formula is C23H28NO4+. The molecule has 5 heteroatoms. The summed E-state index contributed by atoms with van der Waals surface area (Å²) in [4.78, 5) is 1.54. The maximum absolute atomic E-state index is 6.74. The lowest BCUT2D eigenvalue weighted by molar-refractivity contribution is -0.967. The van der Waals surface area contributed by atoms with Crippen molar-refractivity contribution in [3.05, 3.63) is 47.5 Å². The summed E-state index contributed by atoms with van der Waals surface area (Å²) in [6.07, 6.45) is 2.53. The lowest BCUT2D eigenvalue weighted by Crippen LogP contribution is -3.20. The fourth-order valence-electron chi connectivity index (χ4n) is 5.15. The Morgan fingerprint density at radius 1 is 1.00 bits per heavy atom. The highest BCUT2D eigenvalue weighted by atomic mass is 16.7. The first-order valence-electron chi connectivity index (χ1n) is 10.2. The predicted octanol–water partition coefficient (Wildman–Crippen LogP) is 2.98. The van der Waals surface area contributed by atoms with Crippen molar-refractivity contribution in [3.63, 3.8) is 0 Å². The molecule has 3 atom stereocenters. The van der Waals surface area contributed by atoms with Crippen LogP contribution in [0.1, 0.15) is 43.7 Å². The summed E-state index contributed by atoms with van der Waals surface area (Å²) >= 11 is 0. The Hall–Kier alpha value is -2.40. The third-order valence-electron chi connectivity index (χ3n) is 6.91. The Kier molecular flexibility index (Phi) is 4.16. The lowest BCUT2D eigenvalue weighted by atomic mass is 9.74. The van der Waals surface area contributed by atoms with E-state index in [1.165, 1.54) is 24.0 Å². The van der Waals surface area contributed by atoms with Gasteiger partial charge in [0, 0.05) is 37.3 Å². The summed E-state index contributed by atoms with van der Waals surface area (Å²) < 4.78 is 23.4. The van der Waals surface area contributed by atoms with E-state index in [2.05, 4.69) is 32.0 Å². The van der Waals surface area contributed by atoms with E-state index in [0.29, 0.717) is 5.92 Å². The van der Waals surface area contributed by atoms with Gasteiger partial charge >= 0.3 is 0 Å². The van der Waals surface area contributed by atoms with Gasteiger partial charge in [-0.1, -0.05) is 19.1 Å². The van der Waals surface area contributed by atoms with E-state index < -0.39 is 0 Å². The van der Waals surface area contributed by atoms with Gasteiger partial charge in [-0.05, 0) is 23.8 Å². The summed E-state index contributed by atoms with van der Waals surface area (Å²) in [6.45, 7) is 7.21. The molecular weight excluding hydrogens is 354 g/mol. The molecule has 2 aromatic rings. The van der Waals surface area contributed by atoms with E-state index in [4.69, 9.17) is 18.9 Å². The number of fused-ring (bicyclic) bond motifs is 2. The molecule has 1 fully saturated rings. The molecule has 0 aromatic heterocycles. The Morgan fingerprint density at radius 2 is 1.68 bits per heavy atom. The molecule has 5 rings (SSSR count). The van der Waals surface area contributed by atoms with Crippen LogP contribution in [0.3, 0.4) is 0 Å². The van der Waals surface area contributed by atoms with Crippen molar-refractivity contribution in [2.45, 2.75) is 38.3 Å². The Balaban J connectivity index is 1.64. The fourth-order valence-corrected chi connectivity index (χ4v) is 5.15. The zero-order chi connectivity index (χ0) is 19.3. The number of ether oxygens (including phenoxy) is 4. The van der Waals surface area contributed by atoms with E-state index in [-0.39, 0.29) is 18.4 Å². The first kappa shape index (κ1) is 17.7. The van der Waals surface area contributed by atoms with Gasteiger partial charge in [0.05, 0.1) is 26.1 Å². The van der Waals surface area contributed by atoms with Gasteiger partial charge in [0.1, 0.15) is 11.5 Å². The fraction of sp³-hybridized carbons (Fsp3) is 0.478. The Bertz CT molecular complexity index is 875. The molecule has 2 aromatic carbocycles. The standard InChI is InChI=1S/C23H27NO4/c1-15-22(16-6-8-17(25-3)9-7-16)18-12-20-21(27-14-26-20)13-19(18)28-23(15,2)24-10-4-5-11-24/h6-9,12-13,15,22H,4-5,10-11,14H2,1-3H3/p+1/t15-,22+,23+/m0/s1. The highest BCUT2D eigenvalue weighted by Gasteiger charge is 2.52. The SMILES string of the molecule is COc1ccc([C@@H]2c3cc4c(cc3O[C@@](C)([NH+]3CCCC3)[C@H]2C)OCO4)cc1. The first-order valence-corrected chi connectivity index (χ1v) is 10.2. The van der Waals surface area contributed by atoms with Crippen molar-refractivity contribution >= 4 is 0 Å². The molecule has 148 valence electrons. The van der Waals surface area contributed by atoms with Crippen LogP contribution in [-0.4, -0.2) is 32.7 Å². The van der Waals surface area contributed by atoms with Gasteiger partial charge in [0.25, 0.3) is 0 Å². The average Bonchev–Trinajstić information content (AvgIpc) is 3.40. The molecule has 0 radical (unpaired) electrons. The molecule has 0 bridgehead atoms.